The zero-order valence-corrected chi connectivity index (χ0v) is 13.0. The summed E-state index contributed by atoms with van der Waals surface area (Å²) in [7, 11) is 0. The van der Waals surface area contributed by atoms with Gasteiger partial charge in [-0.25, -0.2) is 0 Å². The fraction of sp³-hybridized carbons (Fsp3) is 0.143. The van der Waals surface area contributed by atoms with E-state index in [1.807, 2.05) is 0 Å². The first-order chi connectivity index (χ1) is 10.7. The number of halogens is 4. The van der Waals surface area contributed by atoms with E-state index < -0.39 is 17.3 Å². The van der Waals surface area contributed by atoms with Crippen LogP contribution in [0.4, 0.5) is 18.9 Å². The Morgan fingerprint density at radius 1 is 1.13 bits per heavy atom. The van der Waals surface area contributed by atoms with E-state index in [-0.39, 0.29) is 11.4 Å². The fourth-order valence-corrected chi connectivity index (χ4v) is 2.32. The van der Waals surface area contributed by atoms with Crippen LogP contribution in [0.3, 0.4) is 0 Å². The number of nitro groups is 1. The second-order valence-electron chi connectivity index (χ2n) is 4.56. The van der Waals surface area contributed by atoms with Crippen LogP contribution in [0.25, 0.3) is 0 Å². The van der Waals surface area contributed by atoms with Gasteiger partial charge in [-0.15, -0.1) is 13.2 Å². The summed E-state index contributed by atoms with van der Waals surface area (Å²) in [5.74, 6) is -0.366. The predicted octanol–water partition coefficient (Wildman–Crippen LogP) is 4.30. The van der Waals surface area contributed by atoms with E-state index in [9.17, 15) is 23.3 Å². The molecule has 0 aromatic heterocycles. The van der Waals surface area contributed by atoms with Crippen molar-refractivity contribution in [3.63, 3.8) is 0 Å². The van der Waals surface area contributed by atoms with Gasteiger partial charge in [0.25, 0.3) is 5.69 Å². The molecule has 9 heteroatoms. The van der Waals surface area contributed by atoms with Gasteiger partial charge in [0.15, 0.2) is 0 Å². The first kappa shape index (κ1) is 17.2. The van der Waals surface area contributed by atoms with Crippen LogP contribution in [-0.2, 0) is 0 Å². The maximum absolute atomic E-state index is 12.1. The van der Waals surface area contributed by atoms with Crippen molar-refractivity contribution in [3.05, 3.63) is 68.2 Å². The standard InChI is InChI=1S/C14H10BrF3N2O3/c15-11-6-3-9(7-12(11)20(21)22)13(19)8-1-4-10(5-2-8)23-14(16,17)18/h1-7,13H,19H2/t13-/m1/s1. The van der Waals surface area contributed by atoms with Gasteiger partial charge in [0.1, 0.15) is 5.75 Å². The predicted molar refractivity (Wildman–Crippen MR) is 80.0 cm³/mol. The molecule has 0 aliphatic heterocycles. The molecule has 0 unspecified atom stereocenters. The molecule has 2 N–H and O–H groups in total. The van der Waals surface area contributed by atoms with Gasteiger partial charge in [-0.2, -0.15) is 0 Å². The van der Waals surface area contributed by atoms with Crippen molar-refractivity contribution in [1.82, 2.24) is 0 Å². The van der Waals surface area contributed by atoms with E-state index in [4.69, 9.17) is 5.73 Å². The molecule has 0 spiro atoms. The Hall–Kier alpha value is -2.13. The molecule has 5 nitrogen and oxygen atoms in total. The maximum atomic E-state index is 12.1. The summed E-state index contributed by atoms with van der Waals surface area (Å²) < 4.78 is 40.4. The molecular weight excluding hydrogens is 381 g/mol. The molecule has 122 valence electrons. The number of nitrogens with zero attached hydrogens (tertiary/aromatic N) is 1. The lowest BCUT2D eigenvalue weighted by atomic mass is 9.99. The van der Waals surface area contributed by atoms with Crippen molar-refractivity contribution in [2.75, 3.05) is 0 Å². The molecule has 0 saturated heterocycles. The van der Waals surface area contributed by atoms with E-state index in [1.54, 1.807) is 6.07 Å². The average Bonchev–Trinajstić information content (AvgIpc) is 2.46. The van der Waals surface area contributed by atoms with Gasteiger partial charge >= 0.3 is 6.36 Å². The summed E-state index contributed by atoms with van der Waals surface area (Å²) in [5.41, 5.74) is 6.83. The lowest BCUT2D eigenvalue weighted by molar-refractivity contribution is -0.385. The van der Waals surface area contributed by atoms with Crippen LogP contribution in [0.1, 0.15) is 17.2 Å². The quantitative estimate of drug-likeness (QED) is 0.623. The lowest BCUT2D eigenvalue weighted by Gasteiger charge is -2.14. The van der Waals surface area contributed by atoms with Crippen LogP contribution in [0.2, 0.25) is 0 Å². The van der Waals surface area contributed by atoms with Gasteiger partial charge in [0.2, 0.25) is 0 Å². The number of nitro benzene ring substituents is 1. The van der Waals surface area contributed by atoms with Crippen molar-refractivity contribution in [1.29, 1.82) is 0 Å². The van der Waals surface area contributed by atoms with Crippen LogP contribution < -0.4 is 10.5 Å². The van der Waals surface area contributed by atoms with Crippen molar-refractivity contribution in [2.24, 2.45) is 5.73 Å². The zero-order chi connectivity index (χ0) is 17.2. The molecule has 0 radical (unpaired) electrons. The third kappa shape index (κ3) is 4.42. The van der Waals surface area contributed by atoms with Gasteiger partial charge in [0.05, 0.1) is 15.4 Å². The number of alkyl halides is 3. The Balaban J connectivity index is 2.25. The summed E-state index contributed by atoms with van der Waals surface area (Å²) in [6.45, 7) is 0. The Kier molecular flexibility index (Phi) is 4.90. The minimum Gasteiger partial charge on any atom is -0.406 e. The number of rotatable bonds is 4. The molecule has 1 atom stereocenters. The van der Waals surface area contributed by atoms with Crippen LogP contribution in [0.15, 0.2) is 46.9 Å². The normalized spacial score (nSPS) is 12.7. The molecule has 2 rings (SSSR count). The van der Waals surface area contributed by atoms with Crippen molar-refractivity contribution in [3.8, 4) is 5.75 Å². The molecule has 0 fully saturated rings. The maximum Gasteiger partial charge on any atom is 0.573 e. The third-order valence-electron chi connectivity index (χ3n) is 3.00. The minimum absolute atomic E-state index is 0.144. The van der Waals surface area contributed by atoms with Crippen LogP contribution in [0, 0.1) is 10.1 Å². The van der Waals surface area contributed by atoms with Gasteiger partial charge in [0, 0.05) is 6.07 Å². The highest BCUT2D eigenvalue weighted by Crippen LogP contribution is 2.30. The Bertz CT molecular complexity index is 720. The second-order valence-corrected chi connectivity index (χ2v) is 5.42. The van der Waals surface area contributed by atoms with Gasteiger partial charge in [-0.05, 0) is 45.3 Å². The summed E-state index contributed by atoms with van der Waals surface area (Å²) in [4.78, 5) is 10.4. The van der Waals surface area contributed by atoms with Gasteiger partial charge in [-0.3, -0.25) is 10.1 Å². The summed E-state index contributed by atoms with van der Waals surface area (Å²) in [6.07, 6.45) is -4.77. The number of nitrogens with two attached hydrogens (primary N) is 1. The molecular formula is C14H10BrF3N2O3. The third-order valence-corrected chi connectivity index (χ3v) is 3.67. The zero-order valence-electron chi connectivity index (χ0n) is 11.4. The average molecular weight is 391 g/mol. The molecule has 23 heavy (non-hydrogen) atoms. The highest BCUT2D eigenvalue weighted by Gasteiger charge is 2.31. The number of ether oxygens (including phenoxy) is 1. The highest BCUT2D eigenvalue weighted by molar-refractivity contribution is 9.10. The second kappa shape index (κ2) is 6.55. The van der Waals surface area contributed by atoms with E-state index in [0.29, 0.717) is 15.6 Å². The molecule has 0 bridgehead atoms. The monoisotopic (exact) mass is 390 g/mol. The van der Waals surface area contributed by atoms with Crippen molar-refractivity contribution >= 4 is 21.6 Å². The van der Waals surface area contributed by atoms with Crippen molar-refractivity contribution in [2.45, 2.75) is 12.4 Å². The molecule has 0 amide bonds. The highest BCUT2D eigenvalue weighted by atomic mass is 79.9. The van der Waals surface area contributed by atoms with Gasteiger partial charge in [-0.1, -0.05) is 18.2 Å². The molecule has 0 saturated carbocycles. The number of hydrogen-bond donors (Lipinski definition) is 1. The Labute approximate surface area is 137 Å². The SMILES string of the molecule is N[C@H](c1ccc(OC(F)(F)F)cc1)c1ccc(Br)c([N+](=O)[O-])c1. The summed E-state index contributed by atoms with van der Waals surface area (Å²) in [5, 5.41) is 10.9. The van der Waals surface area contributed by atoms with E-state index in [2.05, 4.69) is 20.7 Å². The molecule has 0 aliphatic carbocycles. The van der Waals surface area contributed by atoms with Crippen LogP contribution in [0.5, 0.6) is 5.75 Å². The molecule has 2 aromatic carbocycles. The van der Waals surface area contributed by atoms with E-state index >= 15 is 0 Å². The van der Waals surface area contributed by atoms with E-state index in [1.165, 1.54) is 24.3 Å². The molecule has 0 aliphatic rings. The lowest BCUT2D eigenvalue weighted by Crippen LogP contribution is -2.17. The fourth-order valence-electron chi connectivity index (χ4n) is 1.93. The number of benzene rings is 2. The molecule has 2 aromatic rings. The first-order valence-corrected chi connectivity index (χ1v) is 7.02. The Morgan fingerprint density at radius 3 is 2.22 bits per heavy atom. The number of hydrogen-bond acceptors (Lipinski definition) is 4. The Morgan fingerprint density at radius 2 is 1.70 bits per heavy atom. The van der Waals surface area contributed by atoms with Crippen LogP contribution >= 0.6 is 15.9 Å². The minimum atomic E-state index is -4.77. The largest absolute Gasteiger partial charge is 0.573 e. The van der Waals surface area contributed by atoms with Gasteiger partial charge < -0.3 is 10.5 Å². The smallest absolute Gasteiger partial charge is 0.406 e. The van der Waals surface area contributed by atoms with E-state index in [0.717, 1.165) is 12.1 Å². The first-order valence-electron chi connectivity index (χ1n) is 6.22. The topological polar surface area (TPSA) is 78.4 Å². The summed E-state index contributed by atoms with van der Waals surface area (Å²) >= 11 is 3.07. The van der Waals surface area contributed by atoms with Crippen LogP contribution in [-0.4, -0.2) is 11.3 Å². The summed E-state index contributed by atoms with van der Waals surface area (Å²) in [6, 6.07) is 8.71. The molecule has 0 heterocycles. The van der Waals surface area contributed by atoms with Crippen molar-refractivity contribution < 1.29 is 22.8 Å².